The highest BCUT2D eigenvalue weighted by Crippen LogP contribution is 1.98. The lowest BCUT2D eigenvalue weighted by Gasteiger charge is -2.21. The number of hydrogen-bond donors (Lipinski definition) is 2. The monoisotopic (exact) mass is 340 g/mol. The molecule has 0 fully saturated rings. The van der Waals surface area contributed by atoms with Crippen molar-refractivity contribution in [3.8, 4) is 0 Å². The van der Waals surface area contributed by atoms with Crippen molar-refractivity contribution in [1.82, 2.24) is 15.5 Å². The van der Waals surface area contributed by atoms with Gasteiger partial charge in [-0.15, -0.1) is 24.0 Å². The second kappa shape index (κ2) is 6.27. The maximum Gasteiger partial charge on any atom is 0.239 e. The van der Waals surface area contributed by atoms with E-state index in [9.17, 15) is 4.79 Å². The van der Waals surface area contributed by atoms with E-state index < -0.39 is 0 Å². The van der Waals surface area contributed by atoms with Crippen LogP contribution in [-0.4, -0.2) is 49.0 Å². The zero-order valence-corrected chi connectivity index (χ0v) is 12.7. The van der Waals surface area contributed by atoms with Gasteiger partial charge in [0.1, 0.15) is 0 Å². The molecule has 0 aromatic rings. The van der Waals surface area contributed by atoms with Crippen LogP contribution in [0.1, 0.15) is 20.8 Å². The molecule has 0 aromatic carbocycles. The first-order chi connectivity index (χ1) is 6.88. The van der Waals surface area contributed by atoms with Gasteiger partial charge in [0.05, 0.1) is 13.1 Å². The van der Waals surface area contributed by atoms with E-state index >= 15 is 0 Å². The van der Waals surface area contributed by atoms with Gasteiger partial charge in [-0.3, -0.25) is 9.79 Å². The highest BCUT2D eigenvalue weighted by molar-refractivity contribution is 14.0. The van der Waals surface area contributed by atoms with Gasteiger partial charge in [-0.1, -0.05) is 0 Å². The smallest absolute Gasteiger partial charge is 0.239 e. The van der Waals surface area contributed by atoms with Crippen LogP contribution in [0.15, 0.2) is 4.99 Å². The van der Waals surface area contributed by atoms with Crippen molar-refractivity contribution in [3.05, 3.63) is 0 Å². The van der Waals surface area contributed by atoms with Crippen molar-refractivity contribution in [1.29, 1.82) is 0 Å². The molecule has 0 aromatic heterocycles. The van der Waals surface area contributed by atoms with E-state index in [1.165, 1.54) is 0 Å². The van der Waals surface area contributed by atoms with Crippen molar-refractivity contribution in [2.24, 2.45) is 4.99 Å². The Morgan fingerprint density at radius 1 is 1.50 bits per heavy atom. The number of aliphatic imine (C=N–C) groups is 1. The number of hydrogen-bond acceptors (Lipinski definition) is 4. The Kier molecular flexibility index (Phi) is 6.06. The molecule has 1 heterocycles. The van der Waals surface area contributed by atoms with E-state index in [1.807, 2.05) is 32.7 Å². The molecular formula is C10H21IN4O. The third-order valence-electron chi connectivity index (χ3n) is 1.98. The summed E-state index contributed by atoms with van der Waals surface area (Å²) >= 11 is 0. The molecule has 0 aliphatic carbocycles. The van der Waals surface area contributed by atoms with Crippen LogP contribution in [0, 0.1) is 0 Å². The molecule has 16 heavy (non-hydrogen) atoms. The molecule has 0 spiro atoms. The lowest BCUT2D eigenvalue weighted by molar-refractivity contribution is -0.121. The average Bonchev–Trinajstić information content (AvgIpc) is 2.44. The summed E-state index contributed by atoms with van der Waals surface area (Å²) in [5, 5.41) is 5.90. The molecule has 0 saturated carbocycles. The van der Waals surface area contributed by atoms with E-state index in [0.29, 0.717) is 0 Å². The molecule has 5 nitrogen and oxygen atoms in total. The molecule has 94 valence electrons. The molecule has 1 aliphatic heterocycles. The van der Waals surface area contributed by atoms with Gasteiger partial charge in [0.2, 0.25) is 5.91 Å². The van der Waals surface area contributed by atoms with E-state index in [0.717, 1.165) is 19.0 Å². The first-order valence-electron chi connectivity index (χ1n) is 5.19. The molecule has 2 N–H and O–H groups in total. The third-order valence-corrected chi connectivity index (χ3v) is 1.98. The van der Waals surface area contributed by atoms with Crippen LogP contribution in [0.3, 0.4) is 0 Å². The number of nitrogens with zero attached hydrogens (tertiary/aromatic N) is 2. The number of carbonyl (C=O) groups excluding carboxylic acids is 1. The van der Waals surface area contributed by atoms with Crippen LogP contribution in [0.25, 0.3) is 0 Å². The highest BCUT2D eigenvalue weighted by Gasteiger charge is 2.16. The number of nitrogens with one attached hydrogen (secondary N) is 2. The fourth-order valence-electron chi connectivity index (χ4n) is 1.35. The summed E-state index contributed by atoms with van der Waals surface area (Å²) in [6.45, 7) is 7.89. The minimum Gasteiger partial charge on any atom is -0.350 e. The van der Waals surface area contributed by atoms with Crippen LogP contribution in [0.5, 0.6) is 0 Å². The largest absolute Gasteiger partial charge is 0.350 e. The molecule has 0 bridgehead atoms. The van der Waals surface area contributed by atoms with Gasteiger partial charge < -0.3 is 15.5 Å². The summed E-state index contributed by atoms with van der Waals surface area (Å²) in [6.07, 6.45) is 0. The Morgan fingerprint density at radius 2 is 2.12 bits per heavy atom. The van der Waals surface area contributed by atoms with E-state index in [1.54, 1.807) is 0 Å². The van der Waals surface area contributed by atoms with E-state index in [4.69, 9.17) is 0 Å². The van der Waals surface area contributed by atoms with Gasteiger partial charge in [0, 0.05) is 19.1 Å². The summed E-state index contributed by atoms with van der Waals surface area (Å²) in [4.78, 5) is 17.7. The van der Waals surface area contributed by atoms with Crippen molar-refractivity contribution in [3.63, 3.8) is 0 Å². The molecular weight excluding hydrogens is 319 g/mol. The van der Waals surface area contributed by atoms with E-state index in [2.05, 4.69) is 15.6 Å². The van der Waals surface area contributed by atoms with Crippen LogP contribution in [0.2, 0.25) is 0 Å². The quantitative estimate of drug-likeness (QED) is 0.716. The molecule has 0 atom stereocenters. The number of halogens is 1. The average molecular weight is 340 g/mol. The van der Waals surface area contributed by atoms with E-state index in [-0.39, 0.29) is 42.0 Å². The van der Waals surface area contributed by atoms with Crippen molar-refractivity contribution < 1.29 is 4.79 Å². The first-order valence-corrected chi connectivity index (χ1v) is 5.19. The third kappa shape index (κ3) is 5.53. The topological polar surface area (TPSA) is 56.7 Å². The predicted molar refractivity (Wildman–Crippen MR) is 76.2 cm³/mol. The first kappa shape index (κ1) is 15.5. The Bertz CT molecular complexity index is 272. The number of rotatable bonds is 2. The van der Waals surface area contributed by atoms with Gasteiger partial charge in [-0.05, 0) is 20.8 Å². The van der Waals surface area contributed by atoms with Gasteiger partial charge in [0.25, 0.3) is 0 Å². The fraction of sp³-hybridized carbons (Fsp3) is 0.800. The summed E-state index contributed by atoms with van der Waals surface area (Å²) in [5.41, 5.74) is -0.178. The fourth-order valence-corrected chi connectivity index (χ4v) is 1.35. The predicted octanol–water partition coefficient (Wildman–Crippen LogP) is 0.410. The highest BCUT2D eigenvalue weighted by atomic mass is 127. The summed E-state index contributed by atoms with van der Waals surface area (Å²) in [6, 6.07) is 0. The van der Waals surface area contributed by atoms with Gasteiger partial charge in [0.15, 0.2) is 5.96 Å². The standard InChI is InChI=1S/C10H20N4O.HI/c1-10(2,3)13-8(15)7-12-9-11-5-6-14(9)4;/h5-7H2,1-4H3,(H,11,12)(H,13,15);1H. The summed E-state index contributed by atoms with van der Waals surface area (Å²) in [7, 11) is 1.96. The number of carbonyl (C=O) groups is 1. The Morgan fingerprint density at radius 3 is 2.56 bits per heavy atom. The second-order valence-corrected chi connectivity index (χ2v) is 4.78. The molecule has 0 unspecified atom stereocenters. The van der Waals surface area contributed by atoms with Crippen molar-refractivity contribution >= 4 is 35.8 Å². The SMILES string of the molecule is CN1CCN=C1NCC(=O)NC(C)(C)C.I. The van der Waals surface area contributed by atoms with Gasteiger partial charge in [-0.2, -0.15) is 0 Å². The Hall–Kier alpha value is -0.530. The summed E-state index contributed by atoms with van der Waals surface area (Å²) < 4.78 is 0. The Labute approximate surface area is 114 Å². The molecule has 1 aliphatic rings. The van der Waals surface area contributed by atoms with Crippen LogP contribution >= 0.6 is 24.0 Å². The minimum atomic E-state index is -0.178. The number of likely N-dealkylation sites (N-methyl/N-ethyl adjacent to an activating group) is 1. The zero-order chi connectivity index (χ0) is 11.5. The molecule has 1 rings (SSSR count). The second-order valence-electron chi connectivity index (χ2n) is 4.78. The number of amides is 1. The van der Waals surface area contributed by atoms with Gasteiger partial charge >= 0.3 is 0 Å². The number of guanidine groups is 1. The van der Waals surface area contributed by atoms with Crippen molar-refractivity contribution in [2.45, 2.75) is 26.3 Å². The lowest BCUT2D eigenvalue weighted by atomic mass is 10.1. The van der Waals surface area contributed by atoms with Crippen LogP contribution in [0.4, 0.5) is 0 Å². The lowest BCUT2D eigenvalue weighted by Crippen LogP contribution is -2.47. The summed E-state index contributed by atoms with van der Waals surface area (Å²) in [5.74, 6) is 0.796. The molecule has 0 saturated heterocycles. The Balaban J connectivity index is 0.00000225. The van der Waals surface area contributed by atoms with Crippen molar-refractivity contribution in [2.75, 3.05) is 26.7 Å². The zero-order valence-electron chi connectivity index (χ0n) is 10.3. The molecule has 0 radical (unpaired) electrons. The maximum atomic E-state index is 11.5. The molecule has 1 amide bonds. The van der Waals surface area contributed by atoms with Gasteiger partial charge in [-0.25, -0.2) is 0 Å². The molecule has 6 heteroatoms. The minimum absolute atomic E-state index is 0. The normalized spacial score (nSPS) is 15.2. The maximum absolute atomic E-state index is 11.5. The van der Waals surface area contributed by atoms with Crippen LogP contribution in [-0.2, 0) is 4.79 Å². The van der Waals surface area contributed by atoms with Crippen LogP contribution < -0.4 is 10.6 Å².